The first kappa shape index (κ1) is 20.4. The predicted octanol–water partition coefficient (Wildman–Crippen LogP) is 4.56. The summed E-state index contributed by atoms with van der Waals surface area (Å²) in [6.07, 6.45) is 8.09. The Morgan fingerprint density at radius 2 is 1.93 bits per heavy atom. The number of carbonyl (C=O) groups excluding carboxylic acids is 1. The van der Waals surface area contributed by atoms with Crippen LogP contribution in [0.2, 0.25) is 0 Å². The van der Waals surface area contributed by atoms with E-state index in [1.165, 1.54) is 41.7 Å². The molecule has 154 valence electrons. The van der Waals surface area contributed by atoms with E-state index in [1.54, 1.807) is 11.3 Å². The van der Waals surface area contributed by atoms with Gasteiger partial charge < -0.3 is 15.5 Å². The van der Waals surface area contributed by atoms with Crippen LogP contribution in [-0.4, -0.2) is 28.5 Å². The van der Waals surface area contributed by atoms with Gasteiger partial charge in [-0.1, -0.05) is 43.2 Å². The van der Waals surface area contributed by atoms with Crippen LogP contribution in [0.5, 0.6) is 0 Å². The van der Waals surface area contributed by atoms with Crippen molar-refractivity contribution in [2.24, 2.45) is 0 Å². The first-order valence-corrected chi connectivity index (χ1v) is 11.9. The van der Waals surface area contributed by atoms with E-state index < -0.39 is 0 Å². The van der Waals surface area contributed by atoms with Gasteiger partial charge in [0.15, 0.2) is 5.11 Å². The Balaban J connectivity index is 1.33. The fourth-order valence-electron chi connectivity index (χ4n) is 4.56. The summed E-state index contributed by atoms with van der Waals surface area (Å²) in [6, 6.07) is 13.3. The van der Waals surface area contributed by atoms with Crippen LogP contribution in [0.3, 0.4) is 0 Å². The summed E-state index contributed by atoms with van der Waals surface area (Å²) in [4.78, 5) is 16.2. The first-order chi connectivity index (χ1) is 14.2. The van der Waals surface area contributed by atoms with E-state index in [-0.39, 0.29) is 18.5 Å². The standard InChI is InChI=1S/C23H29N3OS2/c27-22(25-21-13-5-8-17-7-1-4-12-20(17)21)15-24-23(28)26(18-9-2-3-10-18)16-19-11-6-14-29-19/h1,4,6-7,11-12,14,18,21H,2-3,5,8-10,13,15-16H2,(H,24,28)(H,25,27). The molecule has 1 amide bonds. The highest BCUT2D eigenvalue weighted by molar-refractivity contribution is 7.80. The van der Waals surface area contributed by atoms with Crippen LogP contribution < -0.4 is 10.6 Å². The number of thiocarbonyl (C=S) groups is 1. The van der Waals surface area contributed by atoms with Crippen molar-refractivity contribution in [2.45, 2.75) is 63.6 Å². The Morgan fingerprint density at radius 1 is 1.10 bits per heavy atom. The van der Waals surface area contributed by atoms with Crippen LogP contribution in [0.25, 0.3) is 0 Å². The molecule has 1 aromatic carbocycles. The van der Waals surface area contributed by atoms with Crippen molar-refractivity contribution in [3.05, 3.63) is 57.8 Å². The molecule has 6 heteroatoms. The molecule has 0 aliphatic heterocycles. The van der Waals surface area contributed by atoms with Gasteiger partial charge in [0, 0.05) is 10.9 Å². The van der Waals surface area contributed by atoms with Gasteiger partial charge in [0.1, 0.15) is 0 Å². The van der Waals surface area contributed by atoms with Crippen LogP contribution in [0.1, 0.15) is 60.6 Å². The number of amides is 1. The summed E-state index contributed by atoms with van der Waals surface area (Å²) in [5.41, 5.74) is 2.62. The number of hydrogen-bond donors (Lipinski definition) is 2. The predicted molar refractivity (Wildman–Crippen MR) is 123 cm³/mol. The molecule has 4 nitrogen and oxygen atoms in total. The van der Waals surface area contributed by atoms with Crippen molar-refractivity contribution in [1.82, 2.24) is 15.5 Å². The van der Waals surface area contributed by atoms with E-state index in [4.69, 9.17) is 12.2 Å². The lowest BCUT2D eigenvalue weighted by Gasteiger charge is -2.31. The second kappa shape index (κ2) is 9.72. The number of fused-ring (bicyclic) bond motifs is 1. The number of hydrogen-bond acceptors (Lipinski definition) is 3. The van der Waals surface area contributed by atoms with Gasteiger partial charge in [-0.25, -0.2) is 0 Å². The molecule has 29 heavy (non-hydrogen) atoms. The Labute approximate surface area is 182 Å². The molecule has 2 aliphatic carbocycles. The number of nitrogens with one attached hydrogen (secondary N) is 2. The number of rotatable bonds is 6. The summed E-state index contributed by atoms with van der Waals surface area (Å²) >= 11 is 7.47. The van der Waals surface area contributed by atoms with Gasteiger partial charge in [-0.2, -0.15) is 0 Å². The van der Waals surface area contributed by atoms with Gasteiger partial charge in [-0.3, -0.25) is 4.79 Å². The van der Waals surface area contributed by atoms with E-state index in [0.29, 0.717) is 11.2 Å². The molecule has 1 saturated carbocycles. The fraction of sp³-hybridized carbons (Fsp3) is 0.478. The molecule has 4 rings (SSSR count). The fourth-order valence-corrected chi connectivity index (χ4v) is 5.55. The maximum Gasteiger partial charge on any atom is 0.239 e. The molecule has 2 N–H and O–H groups in total. The van der Waals surface area contributed by atoms with Gasteiger partial charge in [0.05, 0.1) is 19.1 Å². The molecule has 2 aliphatic rings. The van der Waals surface area contributed by atoms with Crippen LogP contribution in [0.15, 0.2) is 41.8 Å². The minimum atomic E-state index is 0.0107. The van der Waals surface area contributed by atoms with Crippen molar-refractivity contribution < 1.29 is 4.79 Å². The molecular weight excluding hydrogens is 398 g/mol. The monoisotopic (exact) mass is 427 g/mol. The molecule has 1 fully saturated rings. The van der Waals surface area contributed by atoms with Gasteiger partial charge in [-0.15, -0.1) is 11.3 Å². The highest BCUT2D eigenvalue weighted by Gasteiger charge is 2.26. The molecule has 1 atom stereocenters. The number of carbonyl (C=O) groups is 1. The average Bonchev–Trinajstić information content (AvgIpc) is 3.44. The van der Waals surface area contributed by atoms with E-state index in [9.17, 15) is 4.79 Å². The summed E-state index contributed by atoms with van der Waals surface area (Å²) in [5, 5.41) is 9.25. The third-order valence-corrected chi connectivity index (χ3v) is 7.28. The Hall–Kier alpha value is -1.92. The largest absolute Gasteiger partial charge is 0.353 e. The van der Waals surface area contributed by atoms with Gasteiger partial charge in [0.25, 0.3) is 0 Å². The number of nitrogens with zero attached hydrogens (tertiary/aromatic N) is 1. The van der Waals surface area contributed by atoms with Crippen molar-refractivity contribution in [3.63, 3.8) is 0 Å². The number of benzene rings is 1. The molecule has 0 saturated heterocycles. The van der Waals surface area contributed by atoms with Gasteiger partial charge >= 0.3 is 0 Å². The Bertz CT molecular complexity index is 830. The number of aryl methyl sites for hydroxylation is 1. The number of thiophene rings is 1. The van der Waals surface area contributed by atoms with Crippen LogP contribution in [0, 0.1) is 0 Å². The van der Waals surface area contributed by atoms with Crippen molar-refractivity contribution in [2.75, 3.05) is 6.54 Å². The highest BCUT2D eigenvalue weighted by atomic mass is 32.1. The van der Waals surface area contributed by atoms with Gasteiger partial charge in [-0.05, 0) is 66.9 Å². The maximum absolute atomic E-state index is 12.6. The van der Waals surface area contributed by atoms with E-state index in [1.807, 2.05) is 0 Å². The minimum Gasteiger partial charge on any atom is -0.353 e. The van der Waals surface area contributed by atoms with E-state index >= 15 is 0 Å². The van der Waals surface area contributed by atoms with Gasteiger partial charge in [0.2, 0.25) is 5.91 Å². The summed E-state index contributed by atoms with van der Waals surface area (Å²) in [5.74, 6) is 0.0107. The zero-order valence-electron chi connectivity index (χ0n) is 16.7. The van der Waals surface area contributed by atoms with Crippen LogP contribution in [0.4, 0.5) is 0 Å². The lowest BCUT2D eigenvalue weighted by atomic mass is 9.88. The molecule has 1 heterocycles. The molecule has 0 bridgehead atoms. The minimum absolute atomic E-state index is 0.0107. The highest BCUT2D eigenvalue weighted by Crippen LogP contribution is 2.29. The quantitative estimate of drug-likeness (QED) is 0.664. The lowest BCUT2D eigenvalue weighted by molar-refractivity contribution is -0.120. The molecule has 2 aromatic rings. The zero-order valence-corrected chi connectivity index (χ0v) is 18.4. The molecular formula is C23H29N3OS2. The lowest BCUT2D eigenvalue weighted by Crippen LogP contribution is -2.47. The Morgan fingerprint density at radius 3 is 2.72 bits per heavy atom. The maximum atomic E-state index is 12.6. The van der Waals surface area contributed by atoms with Crippen molar-refractivity contribution >= 4 is 34.6 Å². The van der Waals surface area contributed by atoms with Crippen LogP contribution >= 0.6 is 23.6 Å². The third kappa shape index (κ3) is 5.17. The second-order valence-electron chi connectivity index (χ2n) is 8.02. The first-order valence-electron chi connectivity index (χ1n) is 10.6. The topological polar surface area (TPSA) is 44.4 Å². The molecule has 1 unspecified atom stereocenters. The molecule has 0 spiro atoms. The average molecular weight is 428 g/mol. The molecule has 0 radical (unpaired) electrons. The van der Waals surface area contributed by atoms with E-state index in [2.05, 4.69) is 57.3 Å². The van der Waals surface area contributed by atoms with Crippen LogP contribution in [-0.2, 0) is 17.8 Å². The SMILES string of the molecule is O=C(CNC(=S)N(Cc1cccs1)C1CCCC1)NC1CCCc2ccccc21. The van der Waals surface area contributed by atoms with Crippen molar-refractivity contribution in [3.8, 4) is 0 Å². The third-order valence-electron chi connectivity index (χ3n) is 6.04. The summed E-state index contributed by atoms with van der Waals surface area (Å²) in [7, 11) is 0. The normalized spacial score (nSPS) is 18.8. The second-order valence-corrected chi connectivity index (χ2v) is 9.43. The molecule has 1 aromatic heterocycles. The van der Waals surface area contributed by atoms with Crippen molar-refractivity contribution in [1.29, 1.82) is 0 Å². The summed E-state index contributed by atoms with van der Waals surface area (Å²) < 4.78 is 0. The zero-order chi connectivity index (χ0) is 20.1. The smallest absolute Gasteiger partial charge is 0.239 e. The van der Waals surface area contributed by atoms with E-state index in [0.717, 1.165) is 25.8 Å². The summed E-state index contributed by atoms with van der Waals surface area (Å²) in [6.45, 7) is 1.05. The Kier molecular flexibility index (Phi) is 6.82.